The summed E-state index contributed by atoms with van der Waals surface area (Å²) in [6.45, 7) is 18.2. The Morgan fingerprint density at radius 2 is 0.593 bits per heavy atom. The number of nitrogens with zero attached hydrogens (tertiary/aromatic N) is 6. The Hall–Kier alpha value is -11.0. The van der Waals surface area contributed by atoms with Gasteiger partial charge in [-0.05, 0) is 123 Å². The molecule has 0 saturated carbocycles. The Morgan fingerprint density at radius 1 is 0.358 bits per heavy atom. The third kappa shape index (κ3) is 16.0. The fourth-order valence-electron chi connectivity index (χ4n) is 7.44. The van der Waals surface area contributed by atoms with Gasteiger partial charge in [-0.3, -0.25) is 30.3 Å². The van der Waals surface area contributed by atoms with Crippen LogP contribution in [0.1, 0.15) is 113 Å². The molecule has 21 heteroatoms. The zero-order chi connectivity index (χ0) is 58.8. The Labute approximate surface area is 466 Å². The third-order valence-electron chi connectivity index (χ3n) is 12.0. The number of hydrogen-bond acceptors (Lipinski definition) is 12. The van der Waals surface area contributed by atoms with Crippen molar-refractivity contribution in [1.29, 1.82) is 0 Å². The molecule has 1 aromatic heterocycles. The van der Waals surface area contributed by atoms with Crippen LogP contribution in [0.4, 0.5) is 65.6 Å². The predicted octanol–water partition coefficient (Wildman–Crippen LogP) is 12.6. The van der Waals surface area contributed by atoms with E-state index in [0.717, 1.165) is 16.7 Å². The molecule has 0 bridgehead atoms. The summed E-state index contributed by atoms with van der Waals surface area (Å²) in [4.78, 5) is 85.9. The minimum atomic E-state index is -0.646. The lowest BCUT2D eigenvalue weighted by molar-refractivity contribution is -0.385. The number of anilines is 6. The quantitative estimate of drug-likeness (QED) is 0.0447. The fourth-order valence-corrected chi connectivity index (χ4v) is 7.44. The summed E-state index contributed by atoms with van der Waals surface area (Å²) in [6.07, 6.45) is 0. The van der Waals surface area contributed by atoms with Crippen molar-refractivity contribution in [3.63, 3.8) is 0 Å². The lowest BCUT2D eigenvalue weighted by atomic mass is 9.86. The minimum Gasteiger partial charge on any atom is -0.308 e. The first-order chi connectivity index (χ1) is 38.2. The Morgan fingerprint density at radius 3 is 0.802 bits per heavy atom. The average Bonchev–Trinajstić information content (AvgIpc) is 3.41. The monoisotopic (exact) mass is 1090 g/mol. The number of nitrogens with one attached hydrogen (secondary N) is 6. The first-order valence-electron chi connectivity index (χ1n) is 24.9. The van der Waals surface area contributed by atoms with Crippen molar-refractivity contribution in [3.8, 4) is 35.5 Å². The van der Waals surface area contributed by atoms with E-state index in [1.165, 1.54) is 72.8 Å². The summed E-state index contributed by atoms with van der Waals surface area (Å²) in [5, 5.41) is 50.1. The van der Waals surface area contributed by atoms with E-state index in [-0.39, 0.29) is 50.8 Å². The predicted molar refractivity (Wildman–Crippen MR) is 310 cm³/mol. The lowest BCUT2D eigenvalue weighted by Crippen LogP contribution is -2.20. The molecule has 7 rings (SSSR count). The molecule has 0 spiro atoms. The van der Waals surface area contributed by atoms with E-state index in [2.05, 4.69) is 82.4 Å². The first-order valence-corrected chi connectivity index (χ1v) is 24.9. The van der Waals surface area contributed by atoms with Crippen molar-refractivity contribution in [3.05, 3.63) is 209 Å². The highest BCUT2D eigenvalue weighted by Gasteiger charge is 2.20. The van der Waals surface area contributed by atoms with Gasteiger partial charge in [-0.1, -0.05) is 98.3 Å². The molecule has 0 saturated heterocycles. The summed E-state index contributed by atoms with van der Waals surface area (Å²) in [6, 6.07) is 30.2. The summed E-state index contributed by atoms with van der Waals surface area (Å²) in [5.74, 6) is 18.1. The van der Waals surface area contributed by atoms with Crippen LogP contribution >= 0.6 is 0 Å². The highest BCUT2D eigenvalue weighted by atomic mass is 16.6. The average molecular weight is 1090 g/mol. The van der Waals surface area contributed by atoms with Crippen LogP contribution in [0.2, 0.25) is 0 Å². The molecule has 0 aliphatic heterocycles. The van der Waals surface area contributed by atoms with Crippen LogP contribution in [0.5, 0.6) is 0 Å². The van der Waals surface area contributed by atoms with Crippen molar-refractivity contribution in [1.82, 2.24) is 15.0 Å². The molecular weight excluding hydrogens is 1030 g/mol. The van der Waals surface area contributed by atoms with E-state index in [4.69, 9.17) is 0 Å². The van der Waals surface area contributed by atoms with Gasteiger partial charge >= 0.3 is 18.1 Å². The van der Waals surface area contributed by atoms with Gasteiger partial charge in [0.1, 0.15) is 0 Å². The number of carbonyl (C=O) groups is 3. The van der Waals surface area contributed by atoms with Crippen molar-refractivity contribution >= 4 is 69.3 Å². The molecule has 7 aromatic rings. The molecule has 1 heterocycles. The van der Waals surface area contributed by atoms with E-state index in [1.807, 2.05) is 98.7 Å². The molecule has 6 N–H and O–H groups in total. The summed E-state index contributed by atoms with van der Waals surface area (Å²) in [5.41, 5.74) is 4.20. The summed E-state index contributed by atoms with van der Waals surface area (Å²) < 4.78 is 0. The van der Waals surface area contributed by atoms with Gasteiger partial charge in [-0.15, -0.1) is 0 Å². The highest BCUT2D eigenvalue weighted by Crippen LogP contribution is 2.30. The van der Waals surface area contributed by atoms with Crippen LogP contribution in [-0.4, -0.2) is 47.8 Å². The maximum Gasteiger partial charge on any atom is 0.323 e. The second-order valence-corrected chi connectivity index (χ2v) is 21.2. The van der Waals surface area contributed by atoms with Gasteiger partial charge in [0.05, 0.1) is 31.8 Å². The number of hydrogen-bond donors (Lipinski definition) is 6. The van der Waals surface area contributed by atoms with E-state index in [1.54, 1.807) is 18.2 Å². The smallest absolute Gasteiger partial charge is 0.308 e. The second kappa shape index (κ2) is 24.1. The number of non-ortho nitro benzene ring substituents is 3. The molecule has 0 radical (unpaired) electrons. The maximum absolute atomic E-state index is 13.4. The van der Waals surface area contributed by atoms with Gasteiger partial charge in [-0.25, -0.2) is 14.4 Å². The number of aromatic nitrogens is 3. The van der Waals surface area contributed by atoms with Crippen LogP contribution in [0, 0.1) is 65.9 Å². The molecule has 0 aliphatic carbocycles. The Balaban J connectivity index is 1.31. The standard InChI is InChI=1S/C60H54N12O9/c1-58(2,3)40-13-28-49(64-55(73)61-43-16-22-46(23-17-43)70(76)77)37(34-40)10-31-52-67-53(32-11-38-35-41(59(4,5)6)14-29-50(38)65-56(74)62-44-18-24-47(25-19-44)71(78)79)69-54(68-52)33-12-39-36-42(60(7,8)9)15-30-51(39)66-57(75)63-45-20-26-48(27-21-45)72(80)81/h13-30,34-36H,1-9H3,(H2,61,64,73)(H2,62,65,74)(H2,63,66,75). The largest absolute Gasteiger partial charge is 0.323 e. The lowest BCUT2D eigenvalue weighted by Gasteiger charge is -2.20. The number of nitro benzene ring substituents is 3. The summed E-state index contributed by atoms with van der Waals surface area (Å²) in [7, 11) is 0. The van der Waals surface area contributed by atoms with Gasteiger partial charge in [0.15, 0.2) is 0 Å². The Bertz CT molecular complexity index is 3420. The van der Waals surface area contributed by atoms with Crippen LogP contribution in [0.15, 0.2) is 127 Å². The zero-order valence-corrected chi connectivity index (χ0v) is 45.5. The molecule has 0 fully saturated rings. The molecule has 0 atom stereocenters. The normalized spacial score (nSPS) is 10.9. The number of amides is 6. The number of urea groups is 3. The second-order valence-electron chi connectivity index (χ2n) is 21.2. The number of benzene rings is 6. The molecule has 0 aliphatic rings. The van der Waals surface area contributed by atoms with Gasteiger partial charge in [-0.2, -0.15) is 15.0 Å². The van der Waals surface area contributed by atoms with Gasteiger partial charge < -0.3 is 31.9 Å². The molecule has 6 amide bonds. The van der Waals surface area contributed by atoms with Gasteiger partial charge in [0.25, 0.3) is 17.1 Å². The minimum absolute atomic E-state index is 0.0745. The number of rotatable bonds is 9. The Kier molecular flexibility index (Phi) is 17.2. The molecule has 21 nitrogen and oxygen atoms in total. The molecular formula is C60H54N12O9. The molecule has 0 unspecified atom stereocenters. The third-order valence-corrected chi connectivity index (χ3v) is 12.0. The van der Waals surface area contributed by atoms with Crippen molar-refractivity contribution in [2.45, 2.75) is 78.6 Å². The highest BCUT2D eigenvalue weighted by molar-refractivity contribution is 6.02. The van der Waals surface area contributed by atoms with E-state index >= 15 is 0 Å². The molecule has 6 aromatic carbocycles. The van der Waals surface area contributed by atoms with Crippen molar-refractivity contribution in [2.24, 2.45) is 0 Å². The van der Waals surface area contributed by atoms with Crippen molar-refractivity contribution in [2.75, 3.05) is 31.9 Å². The van der Waals surface area contributed by atoms with Gasteiger partial charge in [0, 0.05) is 70.2 Å². The number of nitro groups is 3. The zero-order valence-electron chi connectivity index (χ0n) is 45.5. The van der Waals surface area contributed by atoms with Crippen LogP contribution in [-0.2, 0) is 16.2 Å². The summed E-state index contributed by atoms with van der Waals surface area (Å²) >= 11 is 0. The molecule has 408 valence electrons. The molecule has 81 heavy (non-hydrogen) atoms. The fraction of sp³-hybridized carbons (Fsp3) is 0.200. The van der Waals surface area contributed by atoms with Crippen LogP contribution in [0.3, 0.4) is 0 Å². The van der Waals surface area contributed by atoms with Gasteiger partial charge in [0.2, 0.25) is 17.5 Å². The number of carbonyl (C=O) groups excluding carboxylic acids is 3. The van der Waals surface area contributed by atoms with Crippen LogP contribution < -0.4 is 31.9 Å². The van der Waals surface area contributed by atoms with Crippen LogP contribution in [0.25, 0.3) is 0 Å². The van der Waals surface area contributed by atoms with E-state index in [9.17, 15) is 44.7 Å². The van der Waals surface area contributed by atoms with E-state index in [0.29, 0.717) is 50.8 Å². The maximum atomic E-state index is 13.4. The van der Waals surface area contributed by atoms with E-state index < -0.39 is 32.9 Å². The first kappa shape index (κ1) is 57.7. The topological polar surface area (TPSA) is 291 Å². The van der Waals surface area contributed by atoms with Crippen molar-refractivity contribution < 1.29 is 29.2 Å². The SMILES string of the molecule is CC(C)(C)c1ccc(NC(=O)Nc2ccc([N+](=O)[O-])cc2)c(C#Cc2nc(C#Cc3cc(C(C)(C)C)ccc3NC(=O)Nc3ccc([N+](=O)[O-])cc3)nc(C#Cc3cc(C(C)(C)C)ccc3NC(=O)Nc3ccc([N+](=O)[O-])cc3)n2)c1.